The van der Waals surface area contributed by atoms with E-state index in [9.17, 15) is 14.4 Å². The van der Waals surface area contributed by atoms with Crippen LogP contribution in [0.3, 0.4) is 0 Å². The quantitative estimate of drug-likeness (QED) is 0.527. The van der Waals surface area contributed by atoms with Gasteiger partial charge in [-0.1, -0.05) is 30.3 Å². The number of aryl methyl sites for hydroxylation is 1. The molecule has 0 saturated carbocycles. The summed E-state index contributed by atoms with van der Waals surface area (Å²) in [5.41, 5.74) is 4.57. The summed E-state index contributed by atoms with van der Waals surface area (Å²) in [6.07, 6.45) is -0.507. The molecule has 2 heterocycles. The minimum absolute atomic E-state index is 0.0822. The fraction of sp³-hybridized carbons (Fsp3) is 0.409. The van der Waals surface area contributed by atoms with E-state index in [2.05, 4.69) is 15.9 Å². The van der Waals surface area contributed by atoms with E-state index in [1.54, 1.807) is 6.92 Å². The van der Waals surface area contributed by atoms with Gasteiger partial charge in [-0.3, -0.25) is 14.2 Å². The number of benzene rings is 1. The number of hydrogen-bond donors (Lipinski definition) is 1. The van der Waals surface area contributed by atoms with Crippen LogP contribution in [0, 0.1) is 6.92 Å². The molecule has 0 radical (unpaired) electrons. The number of rotatable bonds is 7. The first kappa shape index (κ1) is 23.4. The van der Waals surface area contributed by atoms with E-state index < -0.39 is 28.8 Å². The Morgan fingerprint density at radius 1 is 1.23 bits per heavy atom. The summed E-state index contributed by atoms with van der Waals surface area (Å²) >= 11 is 4.80. The summed E-state index contributed by atoms with van der Waals surface area (Å²) < 4.78 is 9.37. The van der Waals surface area contributed by atoms with Crippen LogP contribution >= 0.6 is 27.3 Å². The van der Waals surface area contributed by atoms with Gasteiger partial charge in [-0.05, 0) is 61.7 Å². The van der Waals surface area contributed by atoms with Crippen LogP contribution in [-0.2, 0) is 21.6 Å². The van der Waals surface area contributed by atoms with Gasteiger partial charge in [0, 0.05) is 0 Å². The molecular weight excluding hydrogens is 482 g/mol. The molecule has 0 bridgehead atoms. The van der Waals surface area contributed by atoms with Gasteiger partial charge in [0.05, 0.1) is 21.8 Å². The highest BCUT2D eigenvalue weighted by Gasteiger charge is 2.34. The number of fused-ring (bicyclic) bond motifs is 1. The third-order valence-corrected chi connectivity index (χ3v) is 7.46. The topological polar surface area (TPSA) is 96.3 Å². The monoisotopic (exact) mass is 507 g/mol. The molecule has 3 aromatic rings. The second-order valence-electron chi connectivity index (χ2n) is 8.22. The van der Waals surface area contributed by atoms with Crippen molar-refractivity contribution in [2.24, 2.45) is 5.73 Å². The van der Waals surface area contributed by atoms with Crippen molar-refractivity contribution in [1.82, 2.24) is 9.13 Å². The number of amides is 1. The van der Waals surface area contributed by atoms with Crippen LogP contribution < -0.4 is 17.0 Å². The van der Waals surface area contributed by atoms with E-state index in [-0.39, 0.29) is 12.6 Å². The number of carbonyl (C=O) groups excluding carboxylic acids is 1. The fourth-order valence-electron chi connectivity index (χ4n) is 3.47. The SMILES string of the molecule is Cc1c(Br)sc2c1c(=O)n(C(C)(C)C(N)=O)c(=O)n2C[C@H](OC(C)C)c1ccccc1. The van der Waals surface area contributed by atoms with Crippen LogP contribution in [0.4, 0.5) is 0 Å². The Kier molecular flexibility index (Phi) is 6.59. The van der Waals surface area contributed by atoms with Crippen LogP contribution in [0.15, 0.2) is 43.7 Å². The smallest absolute Gasteiger partial charge is 0.333 e. The maximum absolute atomic E-state index is 13.6. The van der Waals surface area contributed by atoms with Crippen molar-refractivity contribution in [1.29, 1.82) is 0 Å². The molecule has 0 unspecified atom stereocenters. The lowest BCUT2D eigenvalue weighted by atomic mass is 10.0. The second kappa shape index (κ2) is 8.72. The molecular formula is C22H26BrN3O4S. The normalized spacial score (nSPS) is 13.1. The van der Waals surface area contributed by atoms with Crippen molar-refractivity contribution >= 4 is 43.4 Å². The van der Waals surface area contributed by atoms with Gasteiger partial charge in [0.25, 0.3) is 5.56 Å². The molecule has 2 N–H and O–H groups in total. The zero-order chi connectivity index (χ0) is 23.1. The molecule has 31 heavy (non-hydrogen) atoms. The Hall–Kier alpha value is -2.23. The van der Waals surface area contributed by atoms with Crippen molar-refractivity contribution < 1.29 is 9.53 Å². The van der Waals surface area contributed by atoms with Crippen LogP contribution in [0.25, 0.3) is 10.2 Å². The molecule has 2 aromatic heterocycles. The minimum Gasteiger partial charge on any atom is -0.369 e. The minimum atomic E-state index is -1.49. The van der Waals surface area contributed by atoms with Gasteiger partial charge < -0.3 is 10.5 Å². The van der Waals surface area contributed by atoms with Gasteiger partial charge in [-0.2, -0.15) is 0 Å². The number of aromatic nitrogens is 2. The molecule has 0 saturated heterocycles. The molecule has 9 heteroatoms. The number of primary amides is 1. The number of thiophene rings is 1. The van der Waals surface area contributed by atoms with Crippen LogP contribution in [0.1, 0.15) is 44.9 Å². The fourth-order valence-corrected chi connectivity index (χ4v) is 5.16. The van der Waals surface area contributed by atoms with E-state index >= 15 is 0 Å². The van der Waals surface area contributed by atoms with Crippen molar-refractivity contribution in [2.45, 2.75) is 58.9 Å². The number of halogens is 1. The first-order valence-corrected chi connectivity index (χ1v) is 11.5. The van der Waals surface area contributed by atoms with Crippen molar-refractivity contribution in [3.63, 3.8) is 0 Å². The van der Waals surface area contributed by atoms with E-state index in [1.807, 2.05) is 44.2 Å². The van der Waals surface area contributed by atoms with Crippen molar-refractivity contribution in [2.75, 3.05) is 0 Å². The average Bonchev–Trinajstić information content (AvgIpc) is 2.99. The number of nitrogens with two attached hydrogens (primary N) is 1. The molecule has 166 valence electrons. The van der Waals surface area contributed by atoms with Crippen molar-refractivity contribution in [3.8, 4) is 0 Å². The third kappa shape index (κ3) is 4.26. The Morgan fingerprint density at radius 2 is 1.84 bits per heavy atom. The predicted molar refractivity (Wildman–Crippen MR) is 127 cm³/mol. The van der Waals surface area contributed by atoms with Crippen LogP contribution in [-0.4, -0.2) is 21.1 Å². The lowest BCUT2D eigenvalue weighted by Gasteiger charge is -2.26. The summed E-state index contributed by atoms with van der Waals surface area (Å²) in [7, 11) is 0. The van der Waals surface area contributed by atoms with Gasteiger partial charge >= 0.3 is 5.69 Å². The summed E-state index contributed by atoms with van der Waals surface area (Å²) in [5.74, 6) is -0.761. The van der Waals surface area contributed by atoms with Gasteiger partial charge in [-0.15, -0.1) is 11.3 Å². The molecule has 1 aromatic carbocycles. The highest BCUT2D eigenvalue weighted by atomic mass is 79.9. The second-order valence-corrected chi connectivity index (χ2v) is 10.5. The molecule has 1 atom stereocenters. The lowest BCUT2D eigenvalue weighted by molar-refractivity contribution is -0.125. The summed E-state index contributed by atoms with van der Waals surface area (Å²) in [6.45, 7) is 8.79. The number of nitrogens with zero attached hydrogens (tertiary/aromatic N) is 2. The third-order valence-electron chi connectivity index (χ3n) is 5.27. The van der Waals surface area contributed by atoms with Gasteiger partial charge in [0.2, 0.25) is 5.91 Å². The molecule has 0 aliphatic heterocycles. The summed E-state index contributed by atoms with van der Waals surface area (Å²) in [4.78, 5) is 39.6. The maximum atomic E-state index is 13.6. The van der Waals surface area contributed by atoms with Crippen LogP contribution in [0.5, 0.6) is 0 Å². The Labute approximate surface area is 192 Å². The summed E-state index contributed by atoms with van der Waals surface area (Å²) in [5, 5.41) is 0.391. The number of hydrogen-bond acceptors (Lipinski definition) is 5. The molecule has 0 aliphatic carbocycles. The highest BCUT2D eigenvalue weighted by Crippen LogP contribution is 2.33. The van der Waals surface area contributed by atoms with Gasteiger partial charge in [-0.25, -0.2) is 9.36 Å². The number of carbonyl (C=O) groups is 1. The van der Waals surface area contributed by atoms with Gasteiger partial charge in [0.1, 0.15) is 16.5 Å². The molecule has 0 spiro atoms. The van der Waals surface area contributed by atoms with E-state index in [0.29, 0.717) is 15.8 Å². The number of ether oxygens (including phenoxy) is 1. The Morgan fingerprint density at radius 3 is 2.39 bits per heavy atom. The van der Waals surface area contributed by atoms with Crippen LogP contribution in [0.2, 0.25) is 0 Å². The van der Waals surface area contributed by atoms with Crippen molar-refractivity contribution in [3.05, 3.63) is 66.1 Å². The molecule has 7 nitrogen and oxygen atoms in total. The zero-order valence-electron chi connectivity index (χ0n) is 18.1. The Bertz CT molecular complexity index is 1240. The lowest BCUT2D eigenvalue weighted by Crippen LogP contribution is -2.54. The summed E-state index contributed by atoms with van der Waals surface area (Å²) in [6, 6.07) is 9.61. The van der Waals surface area contributed by atoms with E-state index in [0.717, 1.165) is 13.9 Å². The molecule has 3 rings (SSSR count). The zero-order valence-corrected chi connectivity index (χ0v) is 20.5. The van der Waals surface area contributed by atoms with Gasteiger partial charge in [0.15, 0.2) is 0 Å². The van der Waals surface area contributed by atoms with E-state index in [1.165, 1.54) is 29.8 Å². The maximum Gasteiger partial charge on any atom is 0.333 e. The van der Waals surface area contributed by atoms with E-state index in [4.69, 9.17) is 10.5 Å². The largest absolute Gasteiger partial charge is 0.369 e. The average molecular weight is 508 g/mol. The molecule has 0 fully saturated rings. The first-order chi connectivity index (χ1) is 14.5. The Balaban J connectivity index is 2.33. The molecule has 1 amide bonds. The standard InChI is InChI=1S/C22H26BrN3O4S/c1-12(2)30-15(14-9-7-6-8-10-14)11-25-19-16(13(3)17(23)31-19)18(27)26(21(25)29)22(4,5)20(24)28/h6-10,12,15H,11H2,1-5H3,(H2,24,28)/t15-/m0/s1. The highest BCUT2D eigenvalue weighted by molar-refractivity contribution is 9.11. The molecule has 0 aliphatic rings. The predicted octanol–water partition coefficient (Wildman–Crippen LogP) is 3.68. The first-order valence-electron chi connectivity index (χ1n) is 9.92.